The number of allylic oxidation sites excluding steroid dienone is 1. The van der Waals surface area contributed by atoms with Gasteiger partial charge in [0.05, 0.1) is 11.4 Å². The summed E-state index contributed by atoms with van der Waals surface area (Å²) in [5, 5.41) is 9.73. The van der Waals surface area contributed by atoms with Gasteiger partial charge in [-0.25, -0.2) is 14.4 Å². The SMILES string of the molecule is C=C1C(c2ccc(OC(F)F)cc2)=c2nc(OCCF)ccc2=NN1c1ccc(C(=O)NC)cc1. The number of carbonyl (C=O) groups is 1. The summed E-state index contributed by atoms with van der Waals surface area (Å²) in [7, 11) is 1.55. The molecule has 0 bridgehead atoms. The highest BCUT2D eigenvalue weighted by Gasteiger charge is 2.22. The highest BCUT2D eigenvalue weighted by molar-refractivity contribution is 5.94. The predicted octanol–water partition coefficient (Wildman–Crippen LogP) is 3.16. The highest BCUT2D eigenvalue weighted by Crippen LogP contribution is 2.30. The van der Waals surface area contributed by atoms with Gasteiger partial charge in [0.2, 0.25) is 5.88 Å². The number of anilines is 1. The van der Waals surface area contributed by atoms with E-state index >= 15 is 0 Å². The first kappa shape index (κ1) is 23.8. The minimum absolute atomic E-state index is 0.00492. The zero-order chi connectivity index (χ0) is 24.9. The number of aromatic nitrogens is 1. The number of pyridine rings is 1. The molecule has 1 aliphatic rings. The van der Waals surface area contributed by atoms with Crippen molar-refractivity contribution in [2.24, 2.45) is 5.10 Å². The number of alkyl halides is 3. The lowest BCUT2D eigenvalue weighted by Crippen LogP contribution is -2.40. The third-order valence-corrected chi connectivity index (χ3v) is 5.13. The second-order valence-corrected chi connectivity index (χ2v) is 7.32. The number of ether oxygens (including phenoxy) is 2. The van der Waals surface area contributed by atoms with Gasteiger partial charge in [-0.15, -0.1) is 0 Å². The van der Waals surface area contributed by atoms with Gasteiger partial charge in [-0.05, 0) is 48.0 Å². The van der Waals surface area contributed by atoms with Crippen LogP contribution in [0.2, 0.25) is 0 Å². The average molecular weight is 482 g/mol. The first-order chi connectivity index (χ1) is 16.9. The van der Waals surface area contributed by atoms with Crippen LogP contribution in [0.3, 0.4) is 0 Å². The molecule has 1 amide bonds. The molecule has 10 heteroatoms. The molecule has 1 aromatic heterocycles. The number of carbonyl (C=O) groups excluding carboxylic acids is 1. The van der Waals surface area contributed by atoms with E-state index in [9.17, 15) is 18.0 Å². The fourth-order valence-corrected chi connectivity index (χ4v) is 3.55. The molecule has 0 unspecified atom stereocenters. The lowest BCUT2D eigenvalue weighted by atomic mass is 10.0. The number of benzene rings is 2. The van der Waals surface area contributed by atoms with Crippen molar-refractivity contribution in [3.63, 3.8) is 0 Å². The molecule has 0 saturated carbocycles. The Balaban J connectivity index is 1.82. The largest absolute Gasteiger partial charge is 0.475 e. The Bertz CT molecular complexity index is 1360. The maximum absolute atomic E-state index is 12.6. The number of amides is 1. The van der Waals surface area contributed by atoms with Crippen molar-refractivity contribution in [3.05, 3.63) is 94.8 Å². The fourth-order valence-electron chi connectivity index (χ4n) is 3.55. The zero-order valence-electron chi connectivity index (χ0n) is 18.7. The summed E-state index contributed by atoms with van der Waals surface area (Å²) in [5.74, 6) is -0.00655. The molecule has 0 radical (unpaired) electrons. The molecule has 0 atom stereocenters. The van der Waals surface area contributed by atoms with E-state index in [1.165, 1.54) is 12.1 Å². The van der Waals surface area contributed by atoms with Crippen LogP contribution in [0.15, 0.2) is 78.0 Å². The summed E-state index contributed by atoms with van der Waals surface area (Å²) < 4.78 is 47.6. The molecule has 0 spiro atoms. The molecular formula is C25H21F3N4O3. The number of rotatable bonds is 8. The summed E-state index contributed by atoms with van der Waals surface area (Å²) in [5.41, 5.74) is 2.76. The van der Waals surface area contributed by atoms with Crippen LogP contribution in [0, 0.1) is 0 Å². The average Bonchev–Trinajstić information content (AvgIpc) is 2.87. The van der Waals surface area contributed by atoms with E-state index in [0.717, 1.165) is 0 Å². The standard InChI is InChI=1S/C25H21F3N4O3/c1-15-22(16-5-9-19(10-6-16)35-25(27)28)23-20(11-12-21(30-23)34-14-13-26)31-32(15)18-7-3-17(4-8-18)24(33)29-2/h3-12,25H,1,13-14H2,2H3,(H,29,33). The molecule has 3 aromatic rings. The minimum atomic E-state index is -2.94. The Morgan fingerprint density at radius 3 is 2.43 bits per heavy atom. The smallest absolute Gasteiger partial charge is 0.387 e. The second kappa shape index (κ2) is 10.3. The Labute approximate surface area is 198 Å². The van der Waals surface area contributed by atoms with Gasteiger partial charge in [-0.3, -0.25) is 4.79 Å². The van der Waals surface area contributed by atoms with Crippen LogP contribution < -0.4 is 30.5 Å². The fraction of sp³-hybridized carbons (Fsp3) is 0.160. The van der Waals surface area contributed by atoms with E-state index in [1.807, 2.05) is 0 Å². The van der Waals surface area contributed by atoms with Gasteiger partial charge in [0.1, 0.15) is 29.7 Å². The Morgan fingerprint density at radius 2 is 1.80 bits per heavy atom. The van der Waals surface area contributed by atoms with Crippen LogP contribution in [-0.2, 0) is 0 Å². The van der Waals surface area contributed by atoms with Crippen molar-refractivity contribution in [1.82, 2.24) is 10.3 Å². The van der Waals surface area contributed by atoms with E-state index in [-0.39, 0.29) is 24.1 Å². The van der Waals surface area contributed by atoms with Gasteiger partial charge in [0.15, 0.2) is 0 Å². The summed E-state index contributed by atoms with van der Waals surface area (Å²) >= 11 is 0. The molecular weight excluding hydrogens is 461 g/mol. The molecule has 1 aliphatic heterocycles. The number of hydrogen-bond donors (Lipinski definition) is 1. The number of hydrogen-bond acceptors (Lipinski definition) is 6. The monoisotopic (exact) mass is 482 g/mol. The number of nitrogens with zero attached hydrogens (tertiary/aromatic N) is 3. The Morgan fingerprint density at radius 1 is 1.09 bits per heavy atom. The molecule has 0 aliphatic carbocycles. The molecule has 1 N–H and O–H groups in total. The van der Waals surface area contributed by atoms with Crippen molar-refractivity contribution in [2.45, 2.75) is 6.61 Å². The molecule has 0 fully saturated rings. The van der Waals surface area contributed by atoms with E-state index in [0.29, 0.717) is 38.8 Å². The van der Waals surface area contributed by atoms with Crippen molar-refractivity contribution in [1.29, 1.82) is 0 Å². The summed E-state index contributed by atoms with van der Waals surface area (Å²) in [6, 6.07) is 16.1. The Hall–Kier alpha value is -4.34. The van der Waals surface area contributed by atoms with Gasteiger partial charge in [-0.2, -0.15) is 13.9 Å². The Kier molecular flexibility index (Phi) is 7.00. The number of fused-ring (bicyclic) bond motifs is 1. The van der Waals surface area contributed by atoms with Crippen LogP contribution >= 0.6 is 0 Å². The second-order valence-electron chi connectivity index (χ2n) is 7.32. The molecule has 7 nitrogen and oxygen atoms in total. The van der Waals surface area contributed by atoms with Crippen LogP contribution in [0.4, 0.5) is 18.9 Å². The van der Waals surface area contributed by atoms with E-state index in [2.05, 4.69) is 26.7 Å². The molecule has 2 aromatic carbocycles. The topological polar surface area (TPSA) is 76.1 Å². The quantitative estimate of drug-likeness (QED) is 0.534. The van der Waals surface area contributed by atoms with Gasteiger partial charge in [0.25, 0.3) is 5.91 Å². The van der Waals surface area contributed by atoms with Gasteiger partial charge < -0.3 is 14.8 Å². The van der Waals surface area contributed by atoms with Crippen molar-refractivity contribution < 1.29 is 27.4 Å². The number of nitrogens with one attached hydrogen (secondary N) is 1. The molecule has 180 valence electrons. The highest BCUT2D eigenvalue weighted by atomic mass is 19.3. The van der Waals surface area contributed by atoms with Crippen LogP contribution in [-0.4, -0.2) is 37.8 Å². The maximum atomic E-state index is 12.6. The summed E-state index contributed by atoms with van der Waals surface area (Å²) in [6.07, 6.45) is 0. The van der Waals surface area contributed by atoms with E-state index in [4.69, 9.17) is 4.74 Å². The van der Waals surface area contributed by atoms with Gasteiger partial charge >= 0.3 is 6.61 Å². The van der Waals surface area contributed by atoms with Crippen LogP contribution in [0.25, 0.3) is 5.57 Å². The molecule has 0 saturated heterocycles. The first-order valence-corrected chi connectivity index (χ1v) is 10.6. The van der Waals surface area contributed by atoms with Gasteiger partial charge in [-0.1, -0.05) is 18.7 Å². The normalized spacial score (nSPS) is 12.8. The maximum Gasteiger partial charge on any atom is 0.387 e. The lowest BCUT2D eigenvalue weighted by molar-refractivity contribution is -0.0498. The first-order valence-electron chi connectivity index (χ1n) is 10.6. The third kappa shape index (κ3) is 5.11. The number of halogens is 3. The van der Waals surface area contributed by atoms with E-state index < -0.39 is 13.3 Å². The molecule has 4 rings (SSSR count). The van der Waals surface area contributed by atoms with E-state index in [1.54, 1.807) is 60.6 Å². The molecule has 2 heterocycles. The predicted molar refractivity (Wildman–Crippen MR) is 124 cm³/mol. The van der Waals surface area contributed by atoms with Crippen molar-refractivity contribution >= 4 is 17.2 Å². The van der Waals surface area contributed by atoms with Gasteiger partial charge in [0, 0.05) is 24.3 Å². The van der Waals surface area contributed by atoms with Crippen molar-refractivity contribution in [2.75, 3.05) is 25.3 Å². The lowest BCUT2D eigenvalue weighted by Gasteiger charge is -2.26. The minimum Gasteiger partial charge on any atom is -0.475 e. The third-order valence-electron chi connectivity index (χ3n) is 5.13. The van der Waals surface area contributed by atoms with Crippen molar-refractivity contribution in [3.8, 4) is 11.6 Å². The summed E-state index contributed by atoms with van der Waals surface area (Å²) in [6.45, 7) is 0.428. The summed E-state index contributed by atoms with van der Waals surface area (Å²) in [4.78, 5) is 16.4. The zero-order valence-corrected chi connectivity index (χ0v) is 18.7. The van der Waals surface area contributed by atoms with Crippen LogP contribution in [0.1, 0.15) is 15.9 Å². The molecule has 35 heavy (non-hydrogen) atoms. The van der Waals surface area contributed by atoms with Crippen LogP contribution in [0.5, 0.6) is 11.6 Å².